The van der Waals surface area contributed by atoms with E-state index in [9.17, 15) is 49.1 Å². The molecule has 0 aliphatic heterocycles. The van der Waals surface area contributed by atoms with Gasteiger partial charge in [-0.1, -0.05) is 18.2 Å². The Morgan fingerprint density at radius 3 is 1.64 bits per heavy atom. The van der Waals surface area contributed by atoms with Gasteiger partial charge in [0.2, 0.25) is 12.2 Å². The molecule has 0 heterocycles. The van der Waals surface area contributed by atoms with Crippen molar-refractivity contribution < 1.29 is 63.3 Å². The number of rotatable bonds is 6. The van der Waals surface area contributed by atoms with Gasteiger partial charge >= 0.3 is 25.1 Å². The lowest BCUT2D eigenvalue weighted by molar-refractivity contribution is -0.293. The smallest absolute Gasteiger partial charge is 0.402 e. The lowest BCUT2D eigenvalue weighted by Crippen LogP contribution is -2.33. The second-order valence-corrected chi connectivity index (χ2v) is 5.69. The van der Waals surface area contributed by atoms with Crippen LogP contribution in [0.2, 0.25) is 0 Å². The molecule has 0 spiro atoms. The monoisotopic (exact) mass is 492 g/mol. The normalized spacial score (nSPS) is 12.0. The summed E-state index contributed by atoms with van der Waals surface area (Å²) in [6, 6.07) is 5.59. The Balaban J connectivity index is 2.55. The maximum absolute atomic E-state index is 12.7. The number of anilines is 2. The van der Waals surface area contributed by atoms with Crippen molar-refractivity contribution in [2.75, 3.05) is 10.2 Å². The second kappa shape index (κ2) is 9.33. The van der Waals surface area contributed by atoms with Crippen LogP contribution < -0.4 is 24.4 Å². The first-order chi connectivity index (χ1) is 15.1. The molecule has 180 valence electrons. The number of ether oxygens (including phenoxy) is 3. The summed E-state index contributed by atoms with van der Waals surface area (Å²) in [7, 11) is 0. The fraction of sp³-hybridized carbons (Fsp3) is 0.176. The van der Waals surface area contributed by atoms with Gasteiger partial charge in [0.25, 0.3) is 0 Å². The van der Waals surface area contributed by atoms with Crippen LogP contribution in [0.3, 0.4) is 0 Å². The average Bonchev–Trinajstić information content (AvgIpc) is 2.62. The second-order valence-electron chi connectivity index (χ2n) is 5.69. The van der Waals surface area contributed by atoms with Crippen molar-refractivity contribution in [1.82, 2.24) is 0 Å². The highest BCUT2D eigenvalue weighted by molar-refractivity contribution is 6.12. The van der Waals surface area contributed by atoms with E-state index in [0.29, 0.717) is 4.90 Å². The molecule has 0 fully saturated rings. The fourth-order valence-corrected chi connectivity index (χ4v) is 2.26. The number of halogens is 9. The van der Waals surface area contributed by atoms with Crippen molar-refractivity contribution in [2.24, 2.45) is 0 Å². The number of carbonyl (C=O) groups excluding carboxylic acids is 2. The van der Waals surface area contributed by atoms with Crippen LogP contribution in [0, 0.1) is 0 Å². The first-order valence-corrected chi connectivity index (χ1v) is 8.14. The summed E-state index contributed by atoms with van der Waals surface area (Å²) >= 11 is 0. The Bertz CT molecular complexity index is 954. The number of hydrogen-bond donors (Lipinski definition) is 1. The minimum atomic E-state index is -5.75. The molecule has 2 rings (SSSR count). The molecule has 0 aromatic heterocycles. The predicted molar refractivity (Wildman–Crippen MR) is 90.5 cm³/mol. The molecule has 1 N–H and O–H groups in total. The fourth-order valence-electron chi connectivity index (χ4n) is 2.26. The number of benzene rings is 2. The van der Waals surface area contributed by atoms with E-state index in [4.69, 9.17) is 0 Å². The number of urea groups is 1. The molecule has 0 atom stereocenters. The Hall–Kier alpha value is -3.85. The molecule has 0 aliphatic rings. The van der Waals surface area contributed by atoms with Gasteiger partial charge in [-0.2, -0.15) is 0 Å². The van der Waals surface area contributed by atoms with Crippen molar-refractivity contribution in [2.45, 2.75) is 19.1 Å². The van der Waals surface area contributed by atoms with E-state index in [1.807, 2.05) is 0 Å². The van der Waals surface area contributed by atoms with Crippen molar-refractivity contribution in [3.63, 3.8) is 0 Å². The Labute approximate surface area is 177 Å². The van der Waals surface area contributed by atoms with E-state index < -0.39 is 48.1 Å². The van der Waals surface area contributed by atoms with Crippen LogP contribution in [0.1, 0.15) is 0 Å². The topological polar surface area (TPSA) is 77.1 Å². The van der Waals surface area contributed by atoms with Crippen LogP contribution in [0.5, 0.6) is 17.2 Å². The number of carbonyl (C=O) groups is 2. The average molecular weight is 492 g/mol. The number of imide groups is 1. The summed E-state index contributed by atoms with van der Waals surface area (Å²) in [6.07, 6.45) is -17.1. The molecule has 2 aromatic carbocycles. The van der Waals surface area contributed by atoms with Gasteiger partial charge in [0.1, 0.15) is 0 Å². The molecular weight excluding hydrogens is 483 g/mol. The summed E-state index contributed by atoms with van der Waals surface area (Å²) < 4.78 is 124. The van der Waals surface area contributed by atoms with E-state index in [2.05, 4.69) is 14.2 Å². The SMILES string of the molecule is O=CN(C(=O)Nc1cc(OC(F)(F)F)c(OC(F)(F)F)c(OC(F)(F)F)c1)c1ccccc1. The molecule has 3 amide bonds. The molecule has 33 heavy (non-hydrogen) atoms. The highest BCUT2D eigenvalue weighted by atomic mass is 19.4. The van der Waals surface area contributed by atoms with E-state index in [0.717, 1.165) is 0 Å². The van der Waals surface area contributed by atoms with Gasteiger partial charge < -0.3 is 19.5 Å². The highest BCUT2D eigenvalue weighted by Gasteiger charge is 2.41. The van der Waals surface area contributed by atoms with Crippen molar-refractivity contribution in [3.05, 3.63) is 42.5 Å². The number of para-hydroxylation sites is 1. The van der Waals surface area contributed by atoms with Gasteiger partial charge in [-0.05, 0) is 12.1 Å². The van der Waals surface area contributed by atoms with Gasteiger partial charge in [-0.3, -0.25) is 4.79 Å². The molecule has 2 aromatic rings. The summed E-state index contributed by atoms with van der Waals surface area (Å²) in [5.41, 5.74) is -1.02. The van der Waals surface area contributed by atoms with Gasteiger partial charge in [0, 0.05) is 12.1 Å². The number of nitrogens with one attached hydrogen (secondary N) is 1. The quantitative estimate of drug-likeness (QED) is 0.421. The lowest BCUT2D eigenvalue weighted by Gasteiger charge is -2.21. The molecule has 7 nitrogen and oxygen atoms in total. The zero-order valence-electron chi connectivity index (χ0n) is 15.5. The molecule has 0 saturated carbocycles. The number of hydrogen-bond acceptors (Lipinski definition) is 5. The number of alkyl halides is 9. The van der Waals surface area contributed by atoms with Gasteiger partial charge in [0.05, 0.1) is 11.4 Å². The Kier molecular flexibility index (Phi) is 7.19. The van der Waals surface area contributed by atoms with Crippen molar-refractivity contribution in [3.8, 4) is 17.2 Å². The molecule has 0 saturated heterocycles. The van der Waals surface area contributed by atoms with Crippen LogP contribution >= 0.6 is 0 Å². The first-order valence-electron chi connectivity index (χ1n) is 8.14. The maximum Gasteiger partial charge on any atom is 0.573 e. The largest absolute Gasteiger partial charge is 0.573 e. The van der Waals surface area contributed by atoms with Crippen molar-refractivity contribution in [1.29, 1.82) is 0 Å². The van der Waals surface area contributed by atoms with Crippen LogP contribution in [-0.4, -0.2) is 31.5 Å². The molecule has 0 aliphatic carbocycles. The summed E-state index contributed by atoms with van der Waals surface area (Å²) in [4.78, 5) is 23.9. The summed E-state index contributed by atoms with van der Waals surface area (Å²) in [5.74, 6) is -5.96. The van der Waals surface area contributed by atoms with Crippen LogP contribution in [0.4, 0.5) is 55.7 Å². The standard InChI is InChI=1S/C17H9F9N2O5/c18-15(19,20)31-11-6-9(27-14(30)28(8-29)10-4-2-1-3-5-10)7-12(32-16(21,22)23)13(11)33-17(24,25)26/h1-8H,(H,27,30). The Morgan fingerprint density at radius 2 is 1.24 bits per heavy atom. The maximum atomic E-state index is 12.7. The zero-order chi connectivity index (χ0) is 25.0. The molecule has 0 radical (unpaired) electrons. The van der Waals surface area contributed by atoms with Gasteiger partial charge in [-0.25, -0.2) is 9.69 Å². The van der Waals surface area contributed by atoms with Gasteiger partial charge in [0.15, 0.2) is 11.5 Å². The third-order valence-corrected chi connectivity index (χ3v) is 3.30. The number of amides is 3. The van der Waals surface area contributed by atoms with Crippen LogP contribution in [0.15, 0.2) is 42.5 Å². The Morgan fingerprint density at radius 1 is 0.788 bits per heavy atom. The predicted octanol–water partition coefficient (Wildman–Crippen LogP) is 5.58. The molecule has 16 heteroatoms. The van der Waals surface area contributed by atoms with E-state index in [1.54, 1.807) is 5.32 Å². The summed E-state index contributed by atoms with van der Waals surface area (Å²) in [5, 5.41) is 1.76. The molecule has 0 unspecified atom stereocenters. The van der Waals surface area contributed by atoms with Crippen LogP contribution in [0.25, 0.3) is 0 Å². The highest BCUT2D eigenvalue weighted by Crippen LogP contribution is 2.46. The van der Waals surface area contributed by atoms with Gasteiger partial charge in [-0.15, -0.1) is 39.5 Å². The summed E-state index contributed by atoms with van der Waals surface area (Å²) in [6.45, 7) is 0. The third-order valence-electron chi connectivity index (χ3n) is 3.30. The lowest BCUT2D eigenvalue weighted by atomic mass is 10.2. The van der Waals surface area contributed by atoms with E-state index in [-0.39, 0.29) is 24.2 Å². The minimum absolute atomic E-state index is 0.0357. The zero-order valence-corrected chi connectivity index (χ0v) is 15.5. The molecular formula is C17H9F9N2O5. The van der Waals surface area contributed by atoms with Crippen molar-refractivity contribution >= 4 is 23.8 Å². The minimum Gasteiger partial charge on any atom is -0.402 e. The van der Waals surface area contributed by atoms with Crippen LogP contribution in [-0.2, 0) is 4.79 Å². The number of nitrogens with zero attached hydrogens (tertiary/aromatic N) is 1. The van der Waals surface area contributed by atoms with E-state index >= 15 is 0 Å². The van der Waals surface area contributed by atoms with E-state index in [1.165, 1.54) is 30.3 Å². The first kappa shape index (κ1) is 25.4. The third kappa shape index (κ3) is 7.97. The molecule has 0 bridgehead atoms.